The number of ether oxygens (including phenoxy) is 3. The summed E-state index contributed by atoms with van der Waals surface area (Å²) >= 11 is 0. The zero-order chi connectivity index (χ0) is 17.7. The second-order valence-electron chi connectivity index (χ2n) is 4.58. The summed E-state index contributed by atoms with van der Waals surface area (Å²) in [4.78, 5) is 12.0. The normalized spacial score (nSPS) is 10.9. The molecule has 0 aliphatic rings. The molecule has 0 saturated carbocycles. The lowest BCUT2D eigenvalue weighted by Crippen LogP contribution is -2.18. The van der Waals surface area contributed by atoms with Gasteiger partial charge in [0.25, 0.3) is 0 Å². The van der Waals surface area contributed by atoms with Crippen molar-refractivity contribution in [2.45, 2.75) is 6.18 Å². The largest absolute Gasteiger partial charge is 0.493 e. The third-order valence-electron chi connectivity index (χ3n) is 3.01. The van der Waals surface area contributed by atoms with Gasteiger partial charge in [-0.05, 0) is 30.3 Å². The van der Waals surface area contributed by atoms with Crippen LogP contribution in [0.1, 0.15) is 5.56 Å². The van der Waals surface area contributed by atoms with Crippen LogP contribution in [0.5, 0.6) is 17.2 Å². The Morgan fingerprint density at radius 1 is 1.00 bits per heavy atom. The number of amides is 1. The zero-order valence-corrected chi connectivity index (χ0v) is 12.8. The van der Waals surface area contributed by atoms with E-state index in [9.17, 15) is 18.0 Å². The Morgan fingerprint density at radius 2 is 1.58 bits per heavy atom. The van der Waals surface area contributed by atoms with Crippen LogP contribution >= 0.6 is 0 Å². The molecule has 0 aliphatic heterocycles. The highest BCUT2D eigenvalue weighted by molar-refractivity contribution is 5.87. The van der Waals surface area contributed by atoms with Crippen molar-refractivity contribution in [2.24, 2.45) is 0 Å². The van der Waals surface area contributed by atoms with Gasteiger partial charge in [-0.25, -0.2) is 4.79 Å². The van der Waals surface area contributed by atoms with Gasteiger partial charge >= 0.3 is 12.3 Å². The van der Waals surface area contributed by atoms with Crippen LogP contribution in [-0.4, -0.2) is 20.3 Å². The molecule has 128 valence electrons. The van der Waals surface area contributed by atoms with Crippen molar-refractivity contribution >= 4 is 11.8 Å². The van der Waals surface area contributed by atoms with Crippen LogP contribution < -0.4 is 19.5 Å². The molecule has 0 radical (unpaired) electrons. The standard InChI is InChI=1S/C16H14F3NO4/c1-22-12-7-4-8-13(23-2)14(12)24-15(21)20-11-6-3-5-10(9-11)16(17,18)19/h3-9H,1-2H3,(H,20,21). The fraction of sp³-hybridized carbons (Fsp3) is 0.188. The number of carbonyl (C=O) groups excluding carboxylic acids is 1. The van der Waals surface area contributed by atoms with Gasteiger partial charge in [0.05, 0.1) is 19.8 Å². The number of hydrogen-bond acceptors (Lipinski definition) is 4. The third kappa shape index (κ3) is 4.09. The molecule has 5 nitrogen and oxygen atoms in total. The molecule has 0 atom stereocenters. The van der Waals surface area contributed by atoms with E-state index in [1.165, 1.54) is 26.4 Å². The van der Waals surface area contributed by atoms with E-state index in [1.54, 1.807) is 18.2 Å². The average molecular weight is 341 g/mol. The van der Waals surface area contributed by atoms with Gasteiger partial charge in [0, 0.05) is 5.69 Å². The number of carbonyl (C=O) groups is 1. The van der Waals surface area contributed by atoms with E-state index in [-0.39, 0.29) is 22.9 Å². The Balaban J connectivity index is 2.18. The maximum atomic E-state index is 12.7. The predicted octanol–water partition coefficient (Wildman–Crippen LogP) is 4.33. The molecule has 0 spiro atoms. The Bertz CT molecular complexity index is 709. The van der Waals surface area contributed by atoms with E-state index in [4.69, 9.17) is 14.2 Å². The fourth-order valence-corrected chi connectivity index (χ4v) is 1.93. The number of rotatable bonds is 4. The first kappa shape index (κ1) is 17.5. The topological polar surface area (TPSA) is 56.8 Å². The maximum absolute atomic E-state index is 12.7. The minimum absolute atomic E-state index is 0.0203. The molecule has 0 fully saturated rings. The van der Waals surface area contributed by atoms with Gasteiger partial charge in [-0.1, -0.05) is 12.1 Å². The predicted molar refractivity (Wildman–Crippen MR) is 80.6 cm³/mol. The zero-order valence-electron chi connectivity index (χ0n) is 12.8. The molecule has 0 saturated heterocycles. The molecule has 24 heavy (non-hydrogen) atoms. The number of alkyl halides is 3. The number of para-hydroxylation sites is 1. The molecular weight excluding hydrogens is 327 g/mol. The smallest absolute Gasteiger partial charge is 0.417 e. The molecule has 2 aromatic rings. The number of benzene rings is 2. The first-order valence-electron chi connectivity index (χ1n) is 6.72. The van der Waals surface area contributed by atoms with Gasteiger partial charge < -0.3 is 14.2 Å². The van der Waals surface area contributed by atoms with Crippen LogP contribution in [-0.2, 0) is 6.18 Å². The Labute approximate surface area is 135 Å². The van der Waals surface area contributed by atoms with Crippen molar-refractivity contribution in [2.75, 3.05) is 19.5 Å². The summed E-state index contributed by atoms with van der Waals surface area (Å²) in [6, 6.07) is 8.94. The molecule has 0 unspecified atom stereocenters. The van der Waals surface area contributed by atoms with Gasteiger partial charge in [0.2, 0.25) is 5.75 Å². The Kier molecular flexibility index (Phi) is 5.18. The minimum Gasteiger partial charge on any atom is -0.493 e. The van der Waals surface area contributed by atoms with Gasteiger partial charge in [0.1, 0.15) is 0 Å². The molecule has 0 aliphatic carbocycles. The summed E-state index contributed by atoms with van der Waals surface area (Å²) in [6.07, 6.45) is -5.48. The van der Waals surface area contributed by atoms with Gasteiger partial charge in [-0.3, -0.25) is 5.32 Å². The Morgan fingerprint density at radius 3 is 2.12 bits per heavy atom. The first-order valence-corrected chi connectivity index (χ1v) is 6.72. The molecule has 1 N–H and O–H groups in total. The van der Waals surface area contributed by atoms with Crippen LogP contribution in [0.2, 0.25) is 0 Å². The number of halogens is 3. The molecule has 0 aromatic heterocycles. The van der Waals surface area contributed by atoms with Crippen LogP contribution in [0.15, 0.2) is 42.5 Å². The van der Waals surface area contributed by atoms with Crippen molar-refractivity contribution in [1.29, 1.82) is 0 Å². The summed E-state index contributed by atoms with van der Waals surface area (Å²) in [5, 5.41) is 2.23. The summed E-state index contributed by atoms with van der Waals surface area (Å²) in [6.45, 7) is 0. The van der Waals surface area contributed by atoms with E-state index in [0.29, 0.717) is 0 Å². The van der Waals surface area contributed by atoms with E-state index in [0.717, 1.165) is 12.1 Å². The van der Waals surface area contributed by atoms with Crippen molar-refractivity contribution < 1.29 is 32.2 Å². The molecule has 1 amide bonds. The van der Waals surface area contributed by atoms with E-state index >= 15 is 0 Å². The first-order chi connectivity index (χ1) is 11.3. The quantitative estimate of drug-likeness (QED) is 0.899. The van der Waals surface area contributed by atoms with E-state index < -0.39 is 17.8 Å². The monoisotopic (exact) mass is 341 g/mol. The lowest BCUT2D eigenvalue weighted by Gasteiger charge is -2.14. The summed E-state index contributed by atoms with van der Waals surface area (Å²) in [7, 11) is 2.76. The lowest BCUT2D eigenvalue weighted by molar-refractivity contribution is -0.137. The molecular formula is C16H14F3NO4. The molecule has 8 heteroatoms. The van der Waals surface area contributed by atoms with Crippen LogP contribution in [0.3, 0.4) is 0 Å². The van der Waals surface area contributed by atoms with Crippen LogP contribution in [0, 0.1) is 0 Å². The number of nitrogens with one attached hydrogen (secondary N) is 1. The third-order valence-corrected chi connectivity index (χ3v) is 3.01. The van der Waals surface area contributed by atoms with E-state index in [1.807, 2.05) is 0 Å². The van der Waals surface area contributed by atoms with Gasteiger partial charge in [-0.15, -0.1) is 0 Å². The van der Waals surface area contributed by atoms with Gasteiger partial charge in [0.15, 0.2) is 11.5 Å². The van der Waals surface area contributed by atoms with Crippen LogP contribution in [0.4, 0.5) is 23.7 Å². The summed E-state index contributed by atoms with van der Waals surface area (Å²) < 4.78 is 53.3. The average Bonchev–Trinajstić information content (AvgIpc) is 2.54. The van der Waals surface area contributed by atoms with Crippen molar-refractivity contribution in [3.8, 4) is 17.2 Å². The second kappa shape index (κ2) is 7.12. The highest BCUT2D eigenvalue weighted by Crippen LogP contribution is 2.37. The lowest BCUT2D eigenvalue weighted by atomic mass is 10.2. The number of hydrogen-bond donors (Lipinski definition) is 1. The highest BCUT2D eigenvalue weighted by atomic mass is 19.4. The van der Waals surface area contributed by atoms with Gasteiger partial charge in [-0.2, -0.15) is 13.2 Å². The molecule has 2 rings (SSSR count). The fourth-order valence-electron chi connectivity index (χ4n) is 1.93. The molecule has 2 aromatic carbocycles. The SMILES string of the molecule is COc1cccc(OC)c1OC(=O)Nc1cccc(C(F)(F)F)c1. The molecule has 0 heterocycles. The summed E-state index contributed by atoms with van der Waals surface area (Å²) in [5.74, 6) is 0.508. The summed E-state index contributed by atoms with van der Waals surface area (Å²) in [5.41, 5.74) is -0.932. The van der Waals surface area contributed by atoms with Crippen molar-refractivity contribution in [3.63, 3.8) is 0 Å². The molecule has 0 bridgehead atoms. The number of anilines is 1. The van der Waals surface area contributed by atoms with Crippen molar-refractivity contribution in [1.82, 2.24) is 0 Å². The maximum Gasteiger partial charge on any atom is 0.417 e. The number of methoxy groups -OCH3 is 2. The van der Waals surface area contributed by atoms with E-state index in [2.05, 4.69) is 5.32 Å². The van der Waals surface area contributed by atoms with Crippen LogP contribution in [0.25, 0.3) is 0 Å². The minimum atomic E-state index is -4.51. The second-order valence-corrected chi connectivity index (χ2v) is 4.58. The van der Waals surface area contributed by atoms with Crippen molar-refractivity contribution in [3.05, 3.63) is 48.0 Å². The highest BCUT2D eigenvalue weighted by Gasteiger charge is 2.30. The Hall–Kier alpha value is -2.90.